The molecule has 1 atom stereocenters. The highest BCUT2D eigenvalue weighted by atomic mass is 16.5. The van der Waals surface area contributed by atoms with Crippen molar-refractivity contribution in [3.8, 4) is 11.5 Å². The lowest BCUT2D eigenvalue weighted by Gasteiger charge is -2.15. The Bertz CT molecular complexity index is 409. The number of ketones is 1. The number of nitrogens with two attached hydrogens (primary N) is 1. The van der Waals surface area contributed by atoms with Crippen LogP contribution in [0.15, 0.2) is 18.2 Å². The van der Waals surface area contributed by atoms with Gasteiger partial charge in [-0.1, -0.05) is 19.4 Å². The zero-order valence-corrected chi connectivity index (χ0v) is 12.6. The van der Waals surface area contributed by atoms with Crippen molar-refractivity contribution in [2.75, 3.05) is 20.8 Å². The molecule has 0 bridgehead atoms. The lowest BCUT2D eigenvalue weighted by Crippen LogP contribution is -2.11. The van der Waals surface area contributed by atoms with E-state index in [0.717, 1.165) is 19.3 Å². The average molecular weight is 279 g/mol. The molecule has 0 amide bonds. The molecule has 0 heterocycles. The molecule has 1 unspecified atom stereocenters. The van der Waals surface area contributed by atoms with E-state index in [2.05, 4.69) is 6.92 Å². The third-order valence-corrected chi connectivity index (χ3v) is 3.64. The van der Waals surface area contributed by atoms with Crippen molar-refractivity contribution in [1.82, 2.24) is 0 Å². The van der Waals surface area contributed by atoms with Gasteiger partial charge in [0.05, 0.1) is 14.2 Å². The highest BCUT2D eigenvalue weighted by molar-refractivity contribution is 6.01. The molecule has 0 fully saturated rings. The van der Waals surface area contributed by atoms with Crippen LogP contribution in [0.5, 0.6) is 11.5 Å². The van der Waals surface area contributed by atoms with Crippen LogP contribution < -0.4 is 15.2 Å². The largest absolute Gasteiger partial charge is 0.496 e. The molecule has 0 spiro atoms. The molecule has 2 N–H and O–H groups in total. The number of ether oxygens (including phenoxy) is 2. The third-order valence-electron chi connectivity index (χ3n) is 3.64. The smallest absolute Gasteiger partial charge is 0.170 e. The minimum atomic E-state index is 0.0646. The number of hydrogen-bond donors (Lipinski definition) is 1. The van der Waals surface area contributed by atoms with Gasteiger partial charge < -0.3 is 15.2 Å². The number of hydrogen-bond acceptors (Lipinski definition) is 4. The summed E-state index contributed by atoms with van der Waals surface area (Å²) in [6, 6.07) is 5.39. The van der Waals surface area contributed by atoms with Gasteiger partial charge in [0.15, 0.2) is 5.78 Å². The molecule has 0 aromatic heterocycles. The minimum absolute atomic E-state index is 0.0646. The van der Waals surface area contributed by atoms with Crippen LogP contribution in [-0.2, 0) is 0 Å². The van der Waals surface area contributed by atoms with Crippen molar-refractivity contribution in [2.45, 2.75) is 32.6 Å². The summed E-state index contributed by atoms with van der Waals surface area (Å²) in [5.74, 6) is 1.71. The molecule has 0 saturated heterocycles. The first-order valence-corrected chi connectivity index (χ1v) is 7.12. The van der Waals surface area contributed by atoms with Crippen LogP contribution in [0.3, 0.4) is 0 Å². The van der Waals surface area contributed by atoms with Crippen LogP contribution in [0.2, 0.25) is 0 Å². The Balaban J connectivity index is 2.81. The van der Waals surface area contributed by atoms with E-state index in [4.69, 9.17) is 15.2 Å². The molecule has 0 aliphatic heterocycles. The first-order chi connectivity index (χ1) is 9.67. The van der Waals surface area contributed by atoms with Crippen LogP contribution in [0.25, 0.3) is 0 Å². The number of Topliss-reactive ketones (excluding diaryl/α,β-unsaturated/α-hetero) is 1. The van der Waals surface area contributed by atoms with E-state index < -0.39 is 0 Å². The first-order valence-electron chi connectivity index (χ1n) is 7.12. The summed E-state index contributed by atoms with van der Waals surface area (Å²) in [5.41, 5.74) is 6.13. The standard InChI is InChI=1S/C16H25NO3/c1-4-12(10-11-17)8-9-13(18)16-14(19-2)6-5-7-15(16)20-3/h5-7,12H,4,8-11,17H2,1-3H3. The fraction of sp³-hybridized carbons (Fsp3) is 0.562. The fourth-order valence-electron chi connectivity index (χ4n) is 2.37. The SMILES string of the molecule is CCC(CCN)CCC(=O)c1c(OC)cccc1OC. The minimum Gasteiger partial charge on any atom is -0.496 e. The highest BCUT2D eigenvalue weighted by Gasteiger charge is 2.19. The van der Waals surface area contributed by atoms with Gasteiger partial charge in [0, 0.05) is 6.42 Å². The van der Waals surface area contributed by atoms with Crippen LogP contribution >= 0.6 is 0 Å². The van der Waals surface area contributed by atoms with E-state index in [1.807, 2.05) is 6.07 Å². The Hall–Kier alpha value is -1.55. The summed E-state index contributed by atoms with van der Waals surface area (Å²) in [6.45, 7) is 2.80. The van der Waals surface area contributed by atoms with E-state index >= 15 is 0 Å². The van der Waals surface area contributed by atoms with Crippen LogP contribution in [-0.4, -0.2) is 26.5 Å². The Labute approximate surface area is 121 Å². The molecule has 1 aromatic rings. The Kier molecular flexibility index (Phi) is 7.09. The van der Waals surface area contributed by atoms with E-state index in [1.165, 1.54) is 0 Å². The normalized spacial score (nSPS) is 12.0. The predicted octanol–water partition coefficient (Wildman–Crippen LogP) is 3.04. The van der Waals surface area contributed by atoms with E-state index in [0.29, 0.717) is 35.9 Å². The maximum Gasteiger partial charge on any atom is 0.170 e. The highest BCUT2D eigenvalue weighted by Crippen LogP contribution is 2.30. The average Bonchev–Trinajstić information content (AvgIpc) is 2.49. The van der Waals surface area contributed by atoms with Gasteiger partial charge in [0.2, 0.25) is 0 Å². The molecule has 1 rings (SSSR count). The number of methoxy groups -OCH3 is 2. The lowest BCUT2D eigenvalue weighted by molar-refractivity contribution is 0.0966. The molecule has 0 radical (unpaired) electrons. The molecule has 112 valence electrons. The van der Waals surface area contributed by atoms with Gasteiger partial charge in [-0.15, -0.1) is 0 Å². The summed E-state index contributed by atoms with van der Waals surface area (Å²) >= 11 is 0. The second kappa shape index (κ2) is 8.59. The summed E-state index contributed by atoms with van der Waals surface area (Å²) in [4.78, 5) is 12.4. The van der Waals surface area contributed by atoms with Gasteiger partial charge in [-0.2, -0.15) is 0 Å². The summed E-state index contributed by atoms with van der Waals surface area (Å²) in [5, 5.41) is 0. The first kappa shape index (κ1) is 16.5. The molecule has 0 aliphatic carbocycles. The predicted molar refractivity (Wildman–Crippen MR) is 80.6 cm³/mol. The Morgan fingerprint density at radius 1 is 1.20 bits per heavy atom. The van der Waals surface area contributed by atoms with Crippen molar-refractivity contribution in [3.05, 3.63) is 23.8 Å². The van der Waals surface area contributed by atoms with Crippen molar-refractivity contribution in [2.24, 2.45) is 11.7 Å². The van der Waals surface area contributed by atoms with Crippen LogP contribution in [0.1, 0.15) is 43.0 Å². The topological polar surface area (TPSA) is 61.6 Å². The van der Waals surface area contributed by atoms with E-state index in [9.17, 15) is 4.79 Å². The van der Waals surface area contributed by atoms with Gasteiger partial charge in [0.1, 0.15) is 17.1 Å². The van der Waals surface area contributed by atoms with Crippen molar-refractivity contribution in [1.29, 1.82) is 0 Å². The lowest BCUT2D eigenvalue weighted by atomic mass is 9.93. The number of rotatable bonds is 9. The van der Waals surface area contributed by atoms with Gasteiger partial charge in [0.25, 0.3) is 0 Å². The van der Waals surface area contributed by atoms with Crippen molar-refractivity contribution >= 4 is 5.78 Å². The maximum absolute atomic E-state index is 12.4. The Morgan fingerprint density at radius 3 is 2.25 bits per heavy atom. The zero-order chi connectivity index (χ0) is 15.0. The van der Waals surface area contributed by atoms with Gasteiger partial charge in [-0.05, 0) is 37.4 Å². The third kappa shape index (κ3) is 4.23. The fourth-order valence-corrected chi connectivity index (χ4v) is 2.37. The van der Waals surface area contributed by atoms with Crippen LogP contribution in [0.4, 0.5) is 0 Å². The molecule has 4 heteroatoms. The molecule has 4 nitrogen and oxygen atoms in total. The van der Waals surface area contributed by atoms with Crippen molar-refractivity contribution in [3.63, 3.8) is 0 Å². The number of benzene rings is 1. The summed E-state index contributed by atoms with van der Waals surface area (Å²) < 4.78 is 10.5. The van der Waals surface area contributed by atoms with Gasteiger partial charge in [-0.25, -0.2) is 0 Å². The van der Waals surface area contributed by atoms with Crippen LogP contribution in [0, 0.1) is 5.92 Å². The summed E-state index contributed by atoms with van der Waals surface area (Å²) in [7, 11) is 3.13. The van der Waals surface area contributed by atoms with Gasteiger partial charge in [-0.3, -0.25) is 4.79 Å². The second-order valence-corrected chi connectivity index (χ2v) is 4.85. The van der Waals surface area contributed by atoms with E-state index in [1.54, 1.807) is 26.4 Å². The molecule has 1 aromatic carbocycles. The van der Waals surface area contributed by atoms with Crippen molar-refractivity contribution < 1.29 is 14.3 Å². The second-order valence-electron chi connectivity index (χ2n) is 4.85. The zero-order valence-electron chi connectivity index (χ0n) is 12.6. The maximum atomic E-state index is 12.4. The number of carbonyl (C=O) groups excluding carboxylic acids is 1. The summed E-state index contributed by atoms with van der Waals surface area (Å²) in [6.07, 6.45) is 3.36. The molecular weight excluding hydrogens is 254 g/mol. The molecular formula is C16H25NO3. The monoisotopic (exact) mass is 279 g/mol. The molecule has 0 saturated carbocycles. The molecule has 0 aliphatic rings. The molecule has 20 heavy (non-hydrogen) atoms. The quantitative estimate of drug-likeness (QED) is 0.706. The van der Waals surface area contributed by atoms with E-state index in [-0.39, 0.29) is 5.78 Å². The Morgan fingerprint density at radius 2 is 1.80 bits per heavy atom. The number of carbonyl (C=O) groups is 1. The van der Waals surface area contributed by atoms with Gasteiger partial charge >= 0.3 is 0 Å².